The summed E-state index contributed by atoms with van der Waals surface area (Å²) in [5.41, 5.74) is 1.17. The zero-order valence-corrected chi connectivity index (χ0v) is 8.07. The normalized spacial score (nSPS) is 10.6. The average Bonchev–Trinajstić information content (AvgIpc) is 2.78. The second-order valence-corrected chi connectivity index (χ2v) is 3.16. The highest BCUT2D eigenvalue weighted by Gasteiger charge is 1.99. The number of H-pyrrole nitrogens is 1. The summed E-state index contributed by atoms with van der Waals surface area (Å²) in [7, 11) is 1.94. The van der Waals surface area contributed by atoms with Gasteiger partial charge < -0.3 is 14.9 Å². The van der Waals surface area contributed by atoms with E-state index in [2.05, 4.69) is 20.5 Å². The standard InChI is InChI=1S/C9H13N5/c1-14-7-12-13-9(14)6-10-5-8-3-2-4-11-8/h2-4,7,10-11H,5-6H2,1H3. The van der Waals surface area contributed by atoms with E-state index in [1.165, 1.54) is 5.69 Å². The Kier molecular flexibility index (Phi) is 2.60. The molecular formula is C9H13N5. The Hall–Kier alpha value is -1.62. The van der Waals surface area contributed by atoms with E-state index in [0.29, 0.717) is 0 Å². The maximum atomic E-state index is 3.97. The summed E-state index contributed by atoms with van der Waals surface area (Å²) in [5, 5.41) is 11.1. The molecule has 2 N–H and O–H groups in total. The molecule has 14 heavy (non-hydrogen) atoms. The van der Waals surface area contributed by atoms with E-state index in [1.54, 1.807) is 6.33 Å². The minimum absolute atomic E-state index is 0.732. The van der Waals surface area contributed by atoms with Crippen LogP contribution in [0.5, 0.6) is 0 Å². The van der Waals surface area contributed by atoms with Crippen LogP contribution in [-0.4, -0.2) is 19.7 Å². The molecular weight excluding hydrogens is 178 g/mol. The van der Waals surface area contributed by atoms with E-state index in [4.69, 9.17) is 0 Å². The van der Waals surface area contributed by atoms with Crippen molar-refractivity contribution in [1.29, 1.82) is 0 Å². The lowest BCUT2D eigenvalue weighted by Crippen LogP contribution is -2.15. The number of hydrogen-bond donors (Lipinski definition) is 2. The van der Waals surface area contributed by atoms with Gasteiger partial charge in [-0.05, 0) is 12.1 Å². The summed E-state index contributed by atoms with van der Waals surface area (Å²) in [5.74, 6) is 0.941. The number of aromatic nitrogens is 4. The zero-order valence-electron chi connectivity index (χ0n) is 8.07. The van der Waals surface area contributed by atoms with Crippen molar-refractivity contribution in [2.24, 2.45) is 7.05 Å². The molecule has 0 saturated heterocycles. The minimum Gasteiger partial charge on any atom is -0.364 e. The number of aryl methyl sites for hydroxylation is 1. The summed E-state index contributed by atoms with van der Waals surface area (Å²) >= 11 is 0. The molecule has 0 aliphatic carbocycles. The summed E-state index contributed by atoms with van der Waals surface area (Å²) < 4.78 is 1.90. The largest absolute Gasteiger partial charge is 0.364 e. The summed E-state index contributed by atoms with van der Waals surface area (Å²) in [6.07, 6.45) is 3.62. The fourth-order valence-corrected chi connectivity index (χ4v) is 1.25. The molecule has 2 rings (SSSR count). The molecule has 0 fully saturated rings. The first-order chi connectivity index (χ1) is 6.86. The van der Waals surface area contributed by atoms with Gasteiger partial charge in [-0.1, -0.05) is 0 Å². The predicted octanol–water partition coefficient (Wildman–Crippen LogP) is 0.433. The molecule has 0 aliphatic rings. The number of aromatic amines is 1. The van der Waals surface area contributed by atoms with Crippen molar-refractivity contribution >= 4 is 0 Å². The van der Waals surface area contributed by atoms with Gasteiger partial charge in [0.05, 0.1) is 6.54 Å². The Morgan fingerprint density at radius 2 is 2.43 bits per heavy atom. The van der Waals surface area contributed by atoms with Gasteiger partial charge in [0.15, 0.2) is 0 Å². The maximum Gasteiger partial charge on any atom is 0.146 e. The number of rotatable bonds is 4. The Morgan fingerprint density at radius 3 is 3.07 bits per heavy atom. The van der Waals surface area contributed by atoms with E-state index < -0.39 is 0 Å². The summed E-state index contributed by atoms with van der Waals surface area (Å²) in [6.45, 7) is 1.55. The Balaban J connectivity index is 1.81. The molecule has 0 amide bonds. The van der Waals surface area contributed by atoms with Gasteiger partial charge >= 0.3 is 0 Å². The summed E-state index contributed by atoms with van der Waals surface area (Å²) in [4.78, 5) is 3.13. The van der Waals surface area contributed by atoms with Crippen LogP contribution in [0.4, 0.5) is 0 Å². The van der Waals surface area contributed by atoms with Crippen molar-refractivity contribution in [3.8, 4) is 0 Å². The fourth-order valence-electron chi connectivity index (χ4n) is 1.25. The molecule has 0 saturated carbocycles. The van der Waals surface area contributed by atoms with Gasteiger partial charge in [0, 0.05) is 25.5 Å². The second kappa shape index (κ2) is 4.06. The molecule has 0 atom stereocenters. The first-order valence-corrected chi connectivity index (χ1v) is 4.52. The highest BCUT2D eigenvalue weighted by Crippen LogP contribution is 1.95. The average molecular weight is 191 g/mol. The number of nitrogens with zero attached hydrogens (tertiary/aromatic N) is 3. The van der Waals surface area contributed by atoms with Crippen molar-refractivity contribution in [3.63, 3.8) is 0 Å². The van der Waals surface area contributed by atoms with Crippen molar-refractivity contribution in [3.05, 3.63) is 36.2 Å². The minimum atomic E-state index is 0.732. The van der Waals surface area contributed by atoms with E-state index >= 15 is 0 Å². The lowest BCUT2D eigenvalue weighted by Gasteiger charge is -2.02. The topological polar surface area (TPSA) is 58.5 Å². The van der Waals surface area contributed by atoms with Gasteiger partial charge in [0.25, 0.3) is 0 Å². The maximum absolute atomic E-state index is 3.97. The zero-order chi connectivity index (χ0) is 9.80. The Morgan fingerprint density at radius 1 is 1.50 bits per heavy atom. The SMILES string of the molecule is Cn1cnnc1CNCc1ccc[nH]1. The molecule has 0 aliphatic heterocycles. The van der Waals surface area contributed by atoms with Crippen LogP contribution >= 0.6 is 0 Å². The van der Waals surface area contributed by atoms with Crippen LogP contribution in [0.1, 0.15) is 11.5 Å². The first-order valence-electron chi connectivity index (χ1n) is 4.52. The van der Waals surface area contributed by atoms with Crippen LogP contribution in [0.2, 0.25) is 0 Å². The monoisotopic (exact) mass is 191 g/mol. The van der Waals surface area contributed by atoms with E-state index in [9.17, 15) is 0 Å². The third-order valence-corrected chi connectivity index (χ3v) is 2.07. The van der Waals surface area contributed by atoms with Gasteiger partial charge in [0.1, 0.15) is 12.2 Å². The van der Waals surface area contributed by atoms with Crippen LogP contribution in [0.3, 0.4) is 0 Å². The molecule has 0 spiro atoms. The highest BCUT2D eigenvalue weighted by molar-refractivity contribution is 5.03. The molecule has 5 nitrogen and oxygen atoms in total. The van der Waals surface area contributed by atoms with Gasteiger partial charge in [-0.15, -0.1) is 10.2 Å². The van der Waals surface area contributed by atoms with Crippen LogP contribution in [0.25, 0.3) is 0 Å². The van der Waals surface area contributed by atoms with E-state index in [1.807, 2.05) is 29.9 Å². The van der Waals surface area contributed by atoms with Crippen LogP contribution < -0.4 is 5.32 Å². The number of nitrogens with one attached hydrogen (secondary N) is 2. The summed E-state index contributed by atoms with van der Waals surface area (Å²) in [6, 6.07) is 4.03. The molecule has 5 heteroatoms. The predicted molar refractivity (Wildman–Crippen MR) is 52.3 cm³/mol. The third kappa shape index (κ3) is 2.00. The van der Waals surface area contributed by atoms with Crippen molar-refractivity contribution in [1.82, 2.24) is 25.1 Å². The lowest BCUT2D eigenvalue weighted by molar-refractivity contribution is 0.631. The molecule has 74 valence electrons. The first kappa shape index (κ1) is 8.96. The van der Waals surface area contributed by atoms with Gasteiger partial charge in [-0.2, -0.15) is 0 Å². The van der Waals surface area contributed by atoms with Crippen LogP contribution in [0.15, 0.2) is 24.7 Å². The van der Waals surface area contributed by atoms with E-state index in [-0.39, 0.29) is 0 Å². The second-order valence-electron chi connectivity index (χ2n) is 3.16. The smallest absolute Gasteiger partial charge is 0.146 e. The van der Waals surface area contributed by atoms with Crippen LogP contribution in [-0.2, 0) is 20.1 Å². The van der Waals surface area contributed by atoms with Gasteiger partial charge in [0.2, 0.25) is 0 Å². The van der Waals surface area contributed by atoms with Gasteiger partial charge in [-0.25, -0.2) is 0 Å². The van der Waals surface area contributed by atoms with Crippen molar-refractivity contribution in [2.45, 2.75) is 13.1 Å². The molecule has 0 aromatic carbocycles. The van der Waals surface area contributed by atoms with Crippen molar-refractivity contribution in [2.75, 3.05) is 0 Å². The Labute approximate surface area is 82.2 Å². The molecule has 2 heterocycles. The lowest BCUT2D eigenvalue weighted by atomic mass is 10.4. The molecule has 0 unspecified atom stereocenters. The van der Waals surface area contributed by atoms with Crippen LogP contribution in [0, 0.1) is 0 Å². The number of hydrogen-bond acceptors (Lipinski definition) is 3. The molecule has 0 bridgehead atoms. The quantitative estimate of drug-likeness (QED) is 0.737. The molecule has 2 aromatic heterocycles. The molecule has 0 radical (unpaired) electrons. The molecule has 2 aromatic rings. The third-order valence-electron chi connectivity index (χ3n) is 2.07. The van der Waals surface area contributed by atoms with Gasteiger partial charge in [-0.3, -0.25) is 0 Å². The van der Waals surface area contributed by atoms with Crippen molar-refractivity contribution < 1.29 is 0 Å². The fraction of sp³-hybridized carbons (Fsp3) is 0.333. The highest BCUT2D eigenvalue weighted by atomic mass is 15.3. The Bertz CT molecular complexity index is 376. The van der Waals surface area contributed by atoms with E-state index in [0.717, 1.165) is 18.9 Å².